The Hall–Kier alpha value is -3.13. The van der Waals surface area contributed by atoms with Gasteiger partial charge in [0.25, 0.3) is 5.91 Å². The fourth-order valence-electron chi connectivity index (χ4n) is 2.47. The van der Waals surface area contributed by atoms with Crippen LogP contribution in [0.1, 0.15) is 16.1 Å². The molecule has 0 saturated carbocycles. The van der Waals surface area contributed by atoms with Crippen molar-refractivity contribution in [1.82, 2.24) is 24.6 Å². The molecular formula is C18H19ClN6O2. The zero-order valence-corrected chi connectivity index (χ0v) is 16.2. The molecule has 0 atom stereocenters. The van der Waals surface area contributed by atoms with Crippen LogP contribution in [-0.2, 0) is 0 Å². The van der Waals surface area contributed by atoms with Crippen molar-refractivity contribution in [2.24, 2.45) is 0 Å². The highest BCUT2D eigenvalue weighted by molar-refractivity contribution is 6.31. The fourth-order valence-corrected chi connectivity index (χ4v) is 2.64. The monoisotopic (exact) mass is 386 g/mol. The van der Waals surface area contributed by atoms with E-state index in [0.29, 0.717) is 22.4 Å². The van der Waals surface area contributed by atoms with E-state index in [1.165, 1.54) is 18.2 Å². The lowest BCUT2D eigenvalue weighted by Crippen LogP contribution is -2.21. The smallest absolute Gasteiger partial charge is 0.253 e. The minimum absolute atomic E-state index is 0.0464. The molecule has 8 nitrogen and oxygen atoms in total. The molecule has 2 aromatic heterocycles. The molecule has 0 aliphatic carbocycles. The van der Waals surface area contributed by atoms with Crippen LogP contribution in [-0.4, -0.2) is 51.8 Å². The van der Waals surface area contributed by atoms with E-state index in [4.69, 9.17) is 16.3 Å². The number of methoxy groups -OCH3 is 1. The topological polar surface area (TPSA) is 85.2 Å². The molecule has 0 saturated heterocycles. The number of benzene rings is 1. The van der Waals surface area contributed by atoms with Crippen molar-refractivity contribution in [2.45, 2.75) is 6.92 Å². The van der Waals surface area contributed by atoms with Gasteiger partial charge in [-0.05, 0) is 31.2 Å². The van der Waals surface area contributed by atoms with E-state index in [9.17, 15) is 4.79 Å². The Labute approximate surface area is 161 Å². The van der Waals surface area contributed by atoms with Gasteiger partial charge in [0.05, 0.1) is 36.6 Å². The quantitative estimate of drug-likeness (QED) is 0.725. The third-order valence-electron chi connectivity index (χ3n) is 3.93. The van der Waals surface area contributed by atoms with Crippen LogP contribution in [0.25, 0.3) is 5.69 Å². The van der Waals surface area contributed by atoms with Crippen LogP contribution in [0.5, 0.6) is 5.88 Å². The highest BCUT2D eigenvalue weighted by Gasteiger charge is 2.13. The van der Waals surface area contributed by atoms with Crippen LogP contribution >= 0.6 is 11.6 Å². The maximum Gasteiger partial charge on any atom is 0.253 e. The highest BCUT2D eigenvalue weighted by atomic mass is 35.5. The molecule has 140 valence electrons. The molecule has 1 amide bonds. The molecule has 3 aromatic rings. The largest absolute Gasteiger partial charge is 0.480 e. The van der Waals surface area contributed by atoms with Crippen molar-refractivity contribution in [3.05, 3.63) is 52.9 Å². The maximum atomic E-state index is 12.0. The Bertz CT molecular complexity index is 968. The zero-order valence-electron chi connectivity index (χ0n) is 15.4. The Morgan fingerprint density at radius 2 is 1.93 bits per heavy atom. The van der Waals surface area contributed by atoms with Gasteiger partial charge in [-0.2, -0.15) is 10.1 Å². The van der Waals surface area contributed by atoms with Crippen LogP contribution in [0.3, 0.4) is 0 Å². The number of rotatable bonds is 5. The number of hydrogen-bond donors (Lipinski definition) is 1. The minimum atomic E-state index is -0.0464. The van der Waals surface area contributed by atoms with Gasteiger partial charge in [0.2, 0.25) is 11.8 Å². The lowest BCUT2D eigenvalue weighted by atomic mass is 10.2. The number of amides is 1. The molecular weight excluding hydrogens is 368 g/mol. The van der Waals surface area contributed by atoms with Gasteiger partial charge in [0.1, 0.15) is 5.02 Å². The van der Waals surface area contributed by atoms with Gasteiger partial charge >= 0.3 is 0 Å². The summed E-state index contributed by atoms with van der Waals surface area (Å²) in [7, 11) is 4.94. The number of hydrogen-bond acceptors (Lipinski definition) is 6. The summed E-state index contributed by atoms with van der Waals surface area (Å²) in [6, 6.07) is 7.25. The van der Waals surface area contributed by atoms with Gasteiger partial charge in [-0.25, -0.2) is 9.67 Å². The van der Waals surface area contributed by atoms with E-state index in [1.807, 2.05) is 19.1 Å². The Kier molecular flexibility index (Phi) is 5.27. The van der Waals surface area contributed by atoms with Crippen molar-refractivity contribution in [1.29, 1.82) is 0 Å². The molecule has 0 fully saturated rings. The molecule has 2 heterocycles. The predicted molar refractivity (Wildman–Crippen MR) is 103 cm³/mol. The van der Waals surface area contributed by atoms with E-state index in [1.54, 1.807) is 37.1 Å². The standard InChI is InChI=1S/C18H19ClN6O2/c1-11-15(22-18-20-9-14(19)16(23-18)27-4)10-21-25(11)13-7-5-12(6-8-13)17(26)24(2)3/h5-10H,1-4H3,(H,20,22,23). The first-order valence-electron chi connectivity index (χ1n) is 8.11. The van der Waals surface area contributed by atoms with Crippen LogP contribution in [0.4, 0.5) is 11.6 Å². The molecule has 0 radical (unpaired) electrons. The van der Waals surface area contributed by atoms with Gasteiger partial charge in [0, 0.05) is 19.7 Å². The number of aromatic nitrogens is 4. The van der Waals surface area contributed by atoms with E-state index in [-0.39, 0.29) is 5.91 Å². The highest BCUT2D eigenvalue weighted by Crippen LogP contribution is 2.25. The van der Waals surface area contributed by atoms with Gasteiger partial charge in [-0.3, -0.25) is 4.79 Å². The van der Waals surface area contributed by atoms with E-state index >= 15 is 0 Å². The van der Waals surface area contributed by atoms with Crippen LogP contribution in [0, 0.1) is 6.92 Å². The Balaban J connectivity index is 1.84. The molecule has 1 aromatic carbocycles. The lowest BCUT2D eigenvalue weighted by molar-refractivity contribution is 0.0827. The van der Waals surface area contributed by atoms with E-state index < -0.39 is 0 Å². The first-order valence-corrected chi connectivity index (χ1v) is 8.48. The van der Waals surface area contributed by atoms with Crippen LogP contribution in [0.2, 0.25) is 5.02 Å². The second-order valence-electron chi connectivity index (χ2n) is 5.98. The Morgan fingerprint density at radius 1 is 1.22 bits per heavy atom. The summed E-state index contributed by atoms with van der Waals surface area (Å²) in [6.45, 7) is 1.92. The van der Waals surface area contributed by atoms with Crippen molar-refractivity contribution < 1.29 is 9.53 Å². The average Bonchev–Trinajstić information content (AvgIpc) is 3.03. The molecule has 0 unspecified atom stereocenters. The van der Waals surface area contributed by atoms with E-state index in [0.717, 1.165) is 17.1 Å². The molecule has 1 N–H and O–H groups in total. The average molecular weight is 387 g/mol. The minimum Gasteiger partial charge on any atom is -0.480 e. The predicted octanol–water partition coefficient (Wildman–Crippen LogP) is 3.08. The summed E-state index contributed by atoms with van der Waals surface area (Å²) in [5.74, 6) is 0.598. The summed E-state index contributed by atoms with van der Waals surface area (Å²) in [5, 5.41) is 7.84. The second-order valence-corrected chi connectivity index (χ2v) is 6.38. The lowest BCUT2D eigenvalue weighted by Gasteiger charge is -2.11. The normalized spacial score (nSPS) is 10.6. The van der Waals surface area contributed by atoms with Crippen LogP contribution < -0.4 is 10.1 Å². The number of halogens is 1. The number of ether oxygens (including phenoxy) is 1. The first kappa shape index (κ1) is 18.7. The molecule has 0 aliphatic heterocycles. The van der Waals surface area contributed by atoms with Crippen molar-refractivity contribution in [3.8, 4) is 11.6 Å². The van der Waals surface area contributed by atoms with Crippen molar-refractivity contribution in [2.75, 3.05) is 26.5 Å². The summed E-state index contributed by atoms with van der Waals surface area (Å²) in [4.78, 5) is 21.9. The zero-order chi connectivity index (χ0) is 19.6. The third-order valence-corrected chi connectivity index (χ3v) is 4.19. The van der Waals surface area contributed by atoms with Gasteiger partial charge in [0.15, 0.2) is 0 Å². The number of carbonyl (C=O) groups is 1. The molecule has 0 aliphatic rings. The molecule has 27 heavy (non-hydrogen) atoms. The van der Waals surface area contributed by atoms with Crippen molar-refractivity contribution in [3.63, 3.8) is 0 Å². The van der Waals surface area contributed by atoms with Gasteiger partial charge in [-0.1, -0.05) is 11.6 Å². The number of anilines is 2. The van der Waals surface area contributed by atoms with Crippen LogP contribution in [0.15, 0.2) is 36.7 Å². The SMILES string of the molecule is COc1nc(Nc2cnn(-c3ccc(C(=O)N(C)C)cc3)c2C)ncc1Cl. The number of carbonyl (C=O) groups excluding carboxylic acids is 1. The maximum absolute atomic E-state index is 12.0. The molecule has 3 rings (SSSR count). The second kappa shape index (κ2) is 7.63. The molecule has 0 spiro atoms. The summed E-state index contributed by atoms with van der Waals surface area (Å²) in [6.07, 6.45) is 3.15. The van der Waals surface area contributed by atoms with Gasteiger partial charge in [-0.15, -0.1) is 0 Å². The van der Waals surface area contributed by atoms with E-state index in [2.05, 4.69) is 20.4 Å². The summed E-state index contributed by atoms with van der Waals surface area (Å²) in [5.41, 5.74) is 3.06. The van der Waals surface area contributed by atoms with Crippen molar-refractivity contribution >= 4 is 29.1 Å². The fraction of sp³-hybridized carbons (Fsp3) is 0.222. The number of nitrogens with one attached hydrogen (secondary N) is 1. The summed E-state index contributed by atoms with van der Waals surface area (Å²) < 4.78 is 6.86. The third kappa shape index (κ3) is 3.85. The Morgan fingerprint density at radius 3 is 2.56 bits per heavy atom. The molecule has 9 heteroatoms. The first-order chi connectivity index (χ1) is 12.9. The number of nitrogens with zero attached hydrogens (tertiary/aromatic N) is 5. The van der Waals surface area contributed by atoms with Gasteiger partial charge < -0.3 is 15.0 Å². The molecule has 0 bridgehead atoms. The summed E-state index contributed by atoms with van der Waals surface area (Å²) >= 11 is 5.95.